The average Bonchev–Trinajstić information content (AvgIpc) is 2.56. The standard InChI is InChI=1S/2C8H7ClO3/c9-8(12,7(10)11)6-4-2-1-3-5-6;9-6-4-2-1-3-5(6)7(10)8(11)12/h1-5,12H,(H,10,11);1-4,7,10H,(H,11,12)/t;7-/m.1/s1. The molecule has 24 heavy (non-hydrogen) atoms. The molecular formula is C16H14Cl2O6. The Morgan fingerprint density at radius 2 is 1.46 bits per heavy atom. The van der Waals surface area contributed by atoms with E-state index in [0.717, 1.165) is 0 Å². The SMILES string of the molecule is O=C(O)C(O)(Cl)c1ccccc1.O=C(O)[C@H](O)c1ccccc1Cl. The van der Waals surface area contributed by atoms with Crippen molar-refractivity contribution in [3.8, 4) is 0 Å². The highest BCUT2D eigenvalue weighted by atomic mass is 35.5. The first-order valence-corrected chi connectivity index (χ1v) is 7.29. The Morgan fingerprint density at radius 3 is 1.92 bits per heavy atom. The molecule has 0 saturated heterocycles. The molecule has 0 bridgehead atoms. The van der Waals surface area contributed by atoms with Crippen LogP contribution in [0.1, 0.15) is 17.2 Å². The molecule has 0 heterocycles. The van der Waals surface area contributed by atoms with Gasteiger partial charge >= 0.3 is 11.9 Å². The van der Waals surface area contributed by atoms with Crippen LogP contribution in [-0.4, -0.2) is 32.4 Å². The summed E-state index contributed by atoms with van der Waals surface area (Å²) in [5.74, 6) is -2.78. The maximum absolute atomic E-state index is 10.4. The Morgan fingerprint density at radius 1 is 0.958 bits per heavy atom. The van der Waals surface area contributed by atoms with E-state index >= 15 is 0 Å². The van der Waals surface area contributed by atoms with Gasteiger partial charge in [-0.25, -0.2) is 9.59 Å². The molecule has 1 unspecified atom stereocenters. The van der Waals surface area contributed by atoms with E-state index in [-0.39, 0.29) is 16.1 Å². The van der Waals surface area contributed by atoms with Gasteiger partial charge in [0.1, 0.15) is 0 Å². The first-order valence-electron chi connectivity index (χ1n) is 6.53. The van der Waals surface area contributed by atoms with Crippen molar-refractivity contribution in [3.05, 3.63) is 70.7 Å². The van der Waals surface area contributed by atoms with Crippen LogP contribution in [0.2, 0.25) is 5.02 Å². The third-order valence-corrected chi connectivity index (χ3v) is 3.60. The van der Waals surface area contributed by atoms with Gasteiger partial charge in [-0.2, -0.15) is 0 Å². The van der Waals surface area contributed by atoms with Crippen molar-refractivity contribution in [2.75, 3.05) is 0 Å². The molecule has 0 radical (unpaired) electrons. The number of carbonyl (C=O) groups is 2. The van der Waals surface area contributed by atoms with Gasteiger partial charge in [0.15, 0.2) is 6.10 Å². The van der Waals surface area contributed by atoms with Gasteiger partial charge < -0.3 is 20.4 Å². The lowest BCUT2D eigenvalue weighted by Gasteiger charge is -2.14. The monoisotopic (exact) mass is 372 g/mol. The molecule has 0 saturated carbocycles. The van der Waals surface area contributed by atoms with Crippen LogP contribution in [0.4, 0.5) is 0 Å². The number of hydrogen-bond donors (Lipinski definition) is 4. The number of aliphatic hydroxyl groups is 2. The molecule has 2 aromatic rings. The minimum atomic E-state index is -2.32. The van der Waals surface area contributed by atoms with Gasteiger partial charge in [-0.15, -0.1) is 0 Å². The highest BCUT2D eigenvalue weighted by molar-refractivity contribution is 6.32. The normalized spacial score (nSPS) is 13.8. The topological polar surface area (TPSA) is 115 Å². The van der Waals surface area contributed by atoms with Crippen molar-refractivity contribution in [2.45, 2.75) is 11.2 Å². The van der Waals surface area contributed by atoms with Gasteiger partial charge in [0.2, 0.25) is 0 Å². The summed E-state index contributed by atoms with van der Waals surface area (Å²) in [7, 11) is 0. The second-order valence-electron chi connectivity index (χ2n) is 4.56. The summed E-state index contributed by atoms with van der Waals surface area (Å²) in [5.41, 5.74) is 0.367. The summed E-state index contributed by atoms with van der Waals surface area (Å²) in [6.07, 6.45) is -1.54. The molecule has 0 fully saturated rings. The van der Waals surface area contributed by atoms with Crippen molar-refractivity contribution in [2.24, 2.45) is 0 Å². The van der Waals surface area contributed by atoms with Crippen molar-refractivity contribution in [3.63, 3.8) is 0 Å². The van der Waals surface area contributed by atoms with Gasteiger partial charge in [0, 0.05) is 16.1 Å². The molecule has 2 rings (SSSR count). The van der Waals surface area contributed by atoms with E-state index in [2.05, 4.69) is 0 Å². The molecule has 6 nitrogen and oxygen atoms in total. The first-order chi connectivity index (χ1) is 11.2. The van der Waals surface area contributed by atoms with Crippen LogP contribution in [0.3, 0.4) is 0 Å². The molecule has 2 atom stereocenters. The summed E-state index contributed by atoms with van der Waals surface area (Å²) >= 11 is 11.0. The van der Waals surface area contributed by atoms with Crippen molar-refractivity contribution >= 4 is 35.1 Å². The smallest absolute Gasteiger partial charge is 0.356 e. The zero-order valence-corrected chi connectivity index (χ0v) is 13.6. The molecule has 128 valence electrons. The lowest BCUT2D eigenvalue weighted by atomic mass is 10.1. The summed E-state index contributed by atoms with van der Waals surface area (Å²) in [6, 6.07) is 14.1. The molecular weight excluding hydrogens is 359 g/mol. The fourth-order valence-electron chi connectivity index (χ4n) is 1.61. The third kappa shape index (κ3) is 5.21. The van der Waals surface area contributed by atoms with Crippen LogP contribution in [0.5, 0.6) is 0 Å². The van der Waals surface area contributed by atoms with Gasteiger partial charge in [-0.05, 0) is 6.07 Å². The van der Waals surface area contributed by atoms with E-state index in [0.29, 0.717) is 0 Å². The average molecular weight is 373 g/mol. The number of aliphatic carboxylic acids is 2. The number of carboxylic acid groups (broad SMARTS) is 2. The predicted molar refractivity (Wildman–Crippen MR) is 87.9 cm³/mol. The van der Waals surface area contributed by atoms with E-state index in [9.17, 15) is 14.7 Å². The molecule has 0 aliphatic rings. The van der Waals surface area contributed by atoms with Gasteiger partial charge in [-0.3, -0.25) is 0 Å². The molecule has 2 aromatic carbocycles. The minimum Gasteiger partial charge on any atom is -0.479 e. The van der Waals surface area contributed by atoms with Crippen LogP contribution < -0.4 is 0 Å². The Labute approximate surface area is 147 Å². The molecule has 4 N–H and O–H groups in total. The fraction of sp³-hybridized carbons (Fsp3) is 0.125. The van der Waals surface area contributed by atoms with Crippen molar-refractivity contribution in [1.29, 1.82) is 0 Å². The van der Waals surface area contributed by atoms with Gasteiger partial charge in [0.05, 0.1) is 0 Å². The fourth-order valence-corrected chi connectivity index (χ4v) is 1.98. The maximum Gasteiger partial charge on any atom is 0.356 e. The highest BCUT2D eigenvalue weighted by Gasteiger charge is 2.35. The number of aliphatic hydroxyl groups excluding tert-OH is 1. The van der Waals surface area contributed by atoms with E-state index < -0.39 is 23.1 Å². The number of halogens is 2. The largest absolute Gasteiger partial charge is 0.479 e. The second-order valence-corrected chi connectivity index (χ2v) is 5.51. The predicted octanol–water partition coefficient (Wildman–Crippen LogP) is 2.61. The van der Waals surface area contributed by atoms with Crippen LogP contribution in [0.15, 0.2) is 54.6 Å². The number of rotatable bonds is 4. The molecule has 8 heteroatoms. The highest BCUT2D eigenvalue weighted by Crippen LogP contribution is 2.25. The maximum atomic E-state index is 10.4. The van der Waals surface area contributed by atoms with Crippen LogP contribution >= 0.6 is 23.2 Å². The quantitative estimate of drug-likeness (QED) is 0.613. The van der Waals surface area contributed by atoms with E-state index in [1.54, 1.807) is 30.3 Å². The number of benzene rings is 2. The van der Waals surface area contributed by atoms with Gasteiger partial charge in [-0.1, -0.05) is 71.7 Å². The summed E-state index contributed by atoms with van der Waals surface area (Å²) < 4.78 is 0. The van der Waals surface area contributed by atoms with Crippen LogP contribution in [0.25, 0.3) is 0 Å². The lowest BCUT2D eigenvalue weighted by Crippen LogP contribution is -2.28. The Kier molecular flexibility index (Phi) is 7.18. The second kappa shape index (κ2) is 8.65. The zero-order valence-electron chi connectivity index (χ0n) is 12.1. The molecule has 0 spiro atoms. The lowest BCUT2D eigenvalue weighted by molar-refractivity contribution is -0.151. The number of carboxylic acids is 2. The van der Waals surface area contributed by atoms with E-state index in [4.69, 9.17) is 38.5 Å². The number of hydrogen-bond acceptors (Lipinski definition) is 4. The summed E-state index contributed by atoms with van der Waals surface area (Å²) in [6.45, 7) is 0. The van der Waals surface area contributed by atoms with Crippen LogP contribution in [-0.2, 0) is 14.6 Å². The summed E-state index contributed by atoms with van der Waals surface area (Å²) in [4.78, 5) is 20.8. The molecule has 0 amide bonds. The Balaban J connectivity index is 0.000000240. The Hall–Kier alpha value is -2.12. The van der Waals surface area contributed by atoms with Gasteiger partial charge in [0.25, 0.3) is 5.06 Å². The molecule has 0 aromatic heterocycles. The minimum absolute atomic E-state index is 0.152. The Bertz CT molecular complexity index is 703. The van der Waals surface area contributed by atoms with E-state index in [1.807, 2.05) is 0 Å². The summed E-state index contributed by atoms with van der Waals surface area (Å²) in [5, 5.41) is 33.2. The molecule has 0 aliphatic heterocycles. The number of alkyl halides is 1. The molecule has 0 aliphatic carbocycles. The zero-order chi connectivity index (χ0) is 18.3. The van der Waals surface area contributed by atoms with E-state index in [1.165, 1.54) is 24.3 Å². The van der Waals surface area contributed by atoms with Crippen LogP contribution in [0, 0.1) is 0 Å². The van der Waals surface area contributed by atoms with Crippen molar-refractivity contribution in [1.82, 2.24) is 0 Å². The van der Waals surface area contributed by atoms with Crippen molar-refractivity contribution < 1.29 is 30.0 Å². The first kappa shape index (κ1) is 19.9. The third-order valence-electron chi connectivity index (χ3n) is 2.87.